The largest absolute Gasteiger partial charge is 0.507 e. The molecule has 49 heavy (non-hydrogen) atoms. The van der Waals surface area contributed by atoms with E-state index in [0.29, 0.717) is 66.7 Å². The average Bonchev–Trinajstić information content (AvgIpc) is 3.10. The fraction of sp³-hybridized carbons (Fsp3) is 0.100. The number of rotatable bonds is 6. The summed E-state index contributed by atoms with van der Waals surface area (Å²) in [7, 11) is 0. The molecule has 0 atom stereocenters. The minimum Gasteiger partial charge on any atom is -0.507 e. The van der Waals surface area contributed by atoms with Crippen molar-refractivity contribution in [3.63, 3.8) is 0 Å². The molecule has 244 valence electrons. The van der Waals surface area contributed by atoms with Crippen molar-refractivity contribution in [3.8, 4) is 23.0 Å². The molecule has 0 saturated heterocycles. The summed E-state index contributed by atoms with van der Waals surface area (Å²) < 4.78 is 11.7. The molecule has 0 fully saturated rings. The van der Waals surface area contributed by atoms with E-state index in [1.807, 2.05) is 30.3 Å². The van der Waals surface area contributed by atoms with Gasteiger partial charge in [-0.05, 0) is 69.8 Å². The van der Waals surface area contributed by atoms with Gasteiger partial charge in [0.15, 0.2) is 0 Å². The molecular weight excluding hydrogens is 640 g/mol. The number of carbonyl (C=O) groups is 2. The summed E-state index contributed by atoms with van der Waals surface area (Å²) in [6.45, 7) is 7.14. The van der Waals surface area contributed by atoms with Gasteiger partial charge in [0, 0.05) is 54.0 Å². The van der Waals surface area contributed by atoms with E-state index in [4.69, 9.17) is 21.1 Å². The van der Waals surface area contributed by atoms with E-state index in [1.165, 1.54) is 0 Å². The number of halogens is 1. The van der Waals surface area contributed by atoms with Gasteiger partial charge in [-0.2, -0.15) is 10.2 Å². The maximum absolute atomic E-state index is 12.8. The average molecular weight is 671 g/mol. The summed E-state index contributed by atoms with van der Waals surface area (Å²) in [6.07, 6.45) is 2.93. The van der Waals surface area contributed by atoms with E-state index >= 15 is 0 Å². The lowest BCUT2D eigenvalue weighted by Crippen LogP contribution is -2.11. The van der Waals surface area contributed by atoms with Gasteiger partial charge in [-0.1, -0.05) is 79.4 Å². The number of hydrogen-bond donors (Lipinski definition) is 2. The van der Waals surface area contributed by atoms with Crippen LogP contribution < -0.4 is 9.47 Å². The number of carbonyl (C=O) groups excluding carboxylic acids is 2. The zero-order valence-electron chi connectivity index (χ0n) is 26.4. The number of ether oxygens (including phenoxy) is 2. The van der Waals surface area contributed by atoms with Gasteiger partial charge in [0.25, 0.3) is 0 Å². The van der Waals surface area contributed by atoms with Crippen LogP contribution in [0.4, 0.5) is 11.4 Å². The van der Waals surface area contributed by atoms with E-state index in [1.54, 1.807) is 60.7 Å². The molecule has 0 radical (unpaired) electrons. The molecule has 0 heterocycles. The first kappa shape index (κ1) is 32.9. The molecule has 1 aliphatic carbocycles. The van der Waals surface area contributed by atoms with Crippen molar-refractivity contribution < 1.29 is 29.3 Å². The van der Waals surface area contributed by atoms with Crippen molar-refractivity contribution in [2.75, 3.05) is 0 Å². The minimum absolute atomic E-state index is 0.0546. The second kappa shape index (κ2) is 14.4. The summed E-state index contributed by atoms with van der Waals surface area (Å²) in [5.74, 6) is -0.639. The molecule has 0 aliphatic heterocycles. The Morgan fingerprint density at radius 1 is 0.571 bits per heavy atom. The summed E-state index contributed by atoms with van der Waals surface area (Å²) in [5, 5.41) is 32.3. The standard InChI is InChI=1S/C40H31ClN2O6/c1-3-35(44)48-39-28-12-7-13-29(39)21-31-23-34(43-42-33-16-14-32(41)15-17-33)22-30(40(31)49-36(45)4-2)20-27-11-6-9-25(38(27)47)18-24-8-5-10-26(19-28)37(24)46/h3-17,22-23,46-47H,1-2,18-21H2. The monoisotopic (exact) mass is 670 g/mol. The highest BCUT2D eigenvalue weighted by Gasteiger charge is 2.23. The first-order valence-corrected chi connectivity index (χ1v) is 15.8. The maximum atomic E-state index is 12.8. The van der Waals surface area contributed by atoms with Crippen LogP contribution in [-0.4, -0.2) is 22.2 Å². The van der Waals surface area contributed by atoms with E-state index in [9.17, 15) is 19.8 Å². The third-order valence-electron chi connectivity index (χ3n) is 8.18. The quantitative estimate of drug-likeness (QED) is 0.0790. The van der Waals surface area contributed by atoms with Crippen LogP contribution in [0.1, 0.15) is 44.5 Å². The Hall–Kier alpha value is -5.99. The number of para-hydroxylation sites is 3. The zero-order valence-corrected chi connectivity index (χ0v) is 27.1. The van der Waals surface area contributed by atoms with Crippen molar-refractivity contribution in [1.29, 1.82) is 0 Å². The van der Waals surface area contributed by atoms with Crippen LogP contribution in [0.3, 0.4) is 0 Å². The molecule has 0 saturated carbocycles. The smallest absolute Gasteiger partial charge is 0.335 e. The molecule has 0 unspecified atom stereocenters. The van der Waals surface area contributed by atoms with Crippen molar-refractivity contribution in [2.45, 2.75) is 25.7 Å². The highest BCUT2D eigenvalue weighted by Crippen LogP contribution is 2.40. The van der Waals surface area contributed by atoms with Crippen LogP contribution in [0.25, 0.3) is 0 Å². The molecule has 5 aromatic carbocycles. The number of esters is 2. The highest BCUT2D eigenvalue weighted by atomic mass is 35.5. The molecule has 9 heteroatoms. The van der Waals surface area contributed by atoms with E-state index in [-0.39, 0.29) is 42.9 Å². The van der Waals surface area contributed by atoms with Crippen LogP contribution in [0.15, 0.2) is 127 Å². The normalized spacial score (nSPS) is 12.3. The molecule has 8 nitrogen and oxygen atoms in total. The van der Waals surface area contributed by atoms with E-state index < -0.39 is 11.9 Å². The van der Waals surface area contributed by atoms with Crippen LogP contribution >= 0.6 is 11.6 Å². The summed E-state index contributed by atoms with van der Waals surface area (Å²) in [6, 6.07) is 26.7. The number of aromatic hydroxyl groups is 2. The predicted molar refractivity (Wildman–Crippen MR) is 188 cm³/mol. The van der Waals surface area contributed by atoms with Gasteiger partial charge in [0.05, 0.1) is 11.4 Å². The Balaban J connectivity index is 1.60. The molecule has 6 rings (SSSR count). The number of phenols is 2. The number of fused-ring (bicyclic) bond motifs is 8. The van der Waals surface area contributed by atoms with Gasteiger partial charge < -0.3 is 19.7 Å². The van der Waals surface area contributed by atoms with Gasteiger partial charge in [-0.15, -0.1) is 0 Å². The van der Waals surface area contributed by atoms with Crippen LogP contribution in [-0.2, 0) is 35.3 Å². The summed E-state index contributed by atoms with van der Waals surface area (Å²) in [5.41, 5.74) is 5.75. The van der Waals surface area contributed by atoms with Gasteiger partial charge in [-0.25, -0.2) is 9.59 Å². The van der Waals surface area contributed by atoms with Gasteiger partial charge >= 0.3 is 11.9 Å². The van der Waals surface area contributed by atoms with Gasteiger partial charge in [-0.3, -0.25) is 0 Å². The number of phenolic OH excluding ortho intramolecular Hbond substituents is 2. The van der Waals surface area contributed by atoms with Crippen molar-refractivity contribution >= 4 is 34.9 Å². The van der Waals surface area contributed by atoms with Crippen molar-refractivity contribution in [2.24, 2.45) is 10.2 Å². The SMILES string of the molecule is C=CC(=O)Oc1c2cccc1Cc1cc(N=Nc3ccc(Cl)cc3)cc(c1OC(=O)C=C)Cc1cccc(c1O)Cc1cccc(c1O)C2. The number of nitrogens with zero attached hydrogens (tertiary/aromatic N) is 2. The lowest BCUT2D eigenvalue weighted by Gasteiger charge is -2.20. The van der Waals surface area contributed by atoms with Crippen LogP contribution in [0.5, 0.6) is 23.0 Å². The molecule has 8 bridgehead atoms. The molecule has 0 aromatic heterocycles. The topological polar surface area (TPSA) is 118 Å². The number of benzene rings is 5. The van der Waals surface area contributed by atoms with Crippen LogP contribution in [0.2, 0.25) is 5.02 Å². The first-order valence-electron chi connectivity index (χ1n) is 15.4. The fourth-order valence-electron chi connectivity index (χ4n) is 5.82. The van der Waals surface area contributed by atoms with E-state index in [0.717, 1.165) is 12.2 Å². The zero-order chi connectivity index (χ0) is 34.5. The lowest BCUT2D eigenvalue weighted by atomic mass is 9.91. The lowest BCUT2D eigenvalue weighted by molar-refractivity contribution is -0.129. The third-order valence-corrected chi connectivity index (χ3v) is 8.43. The van der Waals surface area contributed by atoms with Gasteiger partial charge in [0.2, 0.25) is 0 Å². The Kier molecular flexibility index (Phi) is 9.69. The summed E-state index contributed by atoms with van der Waals surface area (Å²) in [4.78, 5) is 25.4. The van der Waals surface area contributed by atoms with Crippen molar-refractivity contribution in [3.05, 3.63) is 166 Å². The molecule has 1 aliphatic rings. The molecule has 2 N–H and O–H groups in total. The Labute approximate surface area is 288 Å². The molecule has 0 amide bonds. The first-order chi connectivity index (χ1) is 23.7. The third kappa shape index (κ3) is 7.45. The number of hydrogen-bond acceptors (Lipinski definition) is 8. The number of azo groups is 1. The summed E-state index contributed by atoms with van der Waals surface area (Å²) >= 11 is 6.05. The minimum atomic E-state index is -0.675. The highest BCUT2D eigenvalue weighted by molar-refractivity contribution is 6.30. The maximum Gasteiger partial charge on any atom is 0.335 e. The van der Waals surface area contributed by atoms with Crippen molar-refractivity contribution in [1.82, 2.24) is 0 Å². The Morgan fingerprint density at radius 3 is 1.41 bits per heavy atom. The molecular formula is C40H31ClN2O6. The predicted octanol–water partition coefficient (Wildman–Crippen LogP) is 9.03. The second-order valence-electron chi connectivity index (χ2n) is 11.5. The van der Waals surface area contributed by atoms with Gasteiger partial charge in [0.1, 0.15) is 23.0 Å². The van der Waals surface area contributed by atoms with Crippen LogP contribution in [0, 0.1) is 0 Å². The molecule has 0 spiro atoms. The fourth-order valence-corrected chi connectivity index (χ4v) is 5.95. The molecule has 5 aromatic rings. The Morgan fingerprint density at radius 2 is 0.939 bits per heavy atom. The van der Waals surface area contributed by atoms with E-state index in [2.05, 4.69) is 23.4 Å². The Bertz CT molecular complexity index is 2140. The second-order valence-corrected chi connectivity index (χ2v) is 11.9.